The van der Waals surface area contributed by atoms with E-state index in [4.69, 9.17) is 28.4 Å². The zero-order valence-electron chi connectivity index (χ0n) is 48.0. The van der Waals surface area contributed by atoms with Crippen LogP contribution in [0, 0.1) is 0 Å². The van der Waals surface area contributed by atoms with Crippen molar-refractivity contribution in [1.82, 2.24) is 5.32 Å². The molecule has 462 valence electrons. The summed E-state index contributed by atoms with van der Waals surface area (Å²) in [5.41, 5.74) is 0. The van der Waals surface area contributed by atoms with Gasteiger partial charge in [0.1, 0.15) is 73.2 Å². The van der Waals surface area contributed by atoms with Gasteiger partial charge in [-0.05, 0) is 77.0 Å². The molecular weight excluding hydrogens is 1030 g/mol. The lowest BCUT2D eigenvalue weighted by molar-refractivity contribution is -0.379. The summed E-state index contributed by atoms with van der Waals surface area (Å²) < 4.78 is 34.2. The number of rotatable bonds is 43. The fourth-order valence-corrected chi connectivity index (χ4v) is 9.68. The molecule has 0 radical (unpaired) electrons. The number of amides is 1. The van der Waals surface area contributed by atoms with Gasteiger partial charge in [0.05, 0.1) is 38.6 Å². The highest BCUT2D eigenvalue weighted by atomic mass is 16.8. The molecule has 0 aromatic heterocycles. The van der Waals surface area contributed by atoms with Crippen molar-refractivity contribution in [2.45, 2.75) is 279 Å². The largest absolute Gasteiger partial charge is 0.394 e. The van der Waals surface area contributed by atoms with Crippen LogP contribution >= 0.6 is 0 Å². The van der Waals surface area contributed by atoms with Gasteiger partial charge in [0.15, 0.2) is 18.9 Å². The topological polar surface area (TPSA) is 307 Å². The number of carbonyl (C=O) groups excluding carboxylic acids is 1. The Balaban J connectivity index is 1.48. The van der Waals surface area contributed by atoms with E-state index in [-0.39, 0.29) is 18.9 Å². The second-order valence-corrected chi connectivity index (χ2v) is 21.4. The molecule has 3 aliphatic rings. The average molecular weight is 1140 g/mol. The lowest BCUT2D eigenvalue weighted by atomic mass is 9.96. The first-order valence-corrected chi connectivity index (χ1v) is 30.2. The summed E-state index contributed by atoms with van der Waals surface area (Å²) in [6, 6.07) is -1.00. The molecule has 12 N–H and O–H groups in total. The Bertz CT molecular complexity index is 1740. The monoisotopic (exact) mass is 1140 g/mol. The average Bonchev–Trinajstić information content (AvgIpc) is 3.45. The van der Waals surface area contributed by atoms with Gasteiger partial charge in [0.2, 0.25) is 5.91 Å². The molecule has 17 unspecified atom stereocenters. The summed E-state index contributed by atoms with van der Waals surface area (Å²) in [5, 5.41) is 120. The Hall–Kier alpha value is -2.77. The van der Waals surface area contributed by atoms with Gasteiger partial charge in [-0.15, -0.1) is 0 Å². The highest BCUT2D eigenvalue weighted by Gasteiger charge is 2.53. The molecule has 0 aliphatic carbocycles. The van der Waals surface area contributed by atoms with Gasteiger partial charge >= 0.3 is 0 Å². The van der Waals surface area contributed by atoms with E-state index in [1.54, 1.807) is 6.08 Å². The number of aliphatic hydroxyl groups excluding tert-OH is 11. The first-order valence-electron chi connectivity index (χ1n) is 30.2. The predicted molar refractivity (Wildman–Crippen MR) is 305 cm³/mol. The first kappa shape index (κ1) is 71.5. The van der Waals surface area contributed by atoms with E-state index in [9.17, 15) is 61.0 Å². The summed E-state index contributed by atoms with van der Waals surface area (Å²) in [6.45, 7) is 1.60. The van der Waals surface area contributed by atoms with Gasteiger partial charge in [-0.25, -0.2) is 0 Å². The van der Waals surface area contributed by atoms with Crippen molar-refractivity contribution in [3.63, 3.8) is 0 Å². The number of carbonyl (C=O) groups is 1. The first-order chi connectivity index (χ1) is 38.8. The molecular formula is C61H105NO18. The molecule has 3 rings (SSSR count). The van der Waals surface area contributed by atoms with Gasteiger partial charge in [-0.3, -0.25) is 4.79 Å². The summed E-state index contributed by atoms with van der Waals surface area (Å²) in [6.07, 6.45) is 24.6. The Morgan fingerprint density at radius 3 is 1.38 bits per heavy atom. The maximum absolute atomic E-state index is 13.3. The minimum Gasteiger partial charge on any atom is -0.394 e. The molecule has 3 saturated heterocycles. The summed E-state index contributed by atoms with van der Waals surface area (Å²) in [5.74, 6) is -0.302. The molecule has 19 heteroatoms. The molecule has 80 heavy (non-hydrogen) atoms. The zero-order chi connectivity index (χ0) is 58.3. The minimum absolute atomic E-state index is 0.220. The second-order valence-electron chi connectivity index (χ2n) is 21.4. The van der Waals surface area contributed by atoms with Crippen LogP contribution in [0.3, 0.4) is 0 Å². The maximum atomic E-state index is 13.3. The smallest absolute Gasteiger partial charge is 0.220 e. The fourth-order valence-electron chi connectivity index (χ4n) is 9.68. The van der Waals surface area contributed by atoms with Crippen LogP contribution in [-0.4, -0.2) is 193 Å². The Morgan fingerprint density at radius 1 is 0.450 bits per heavy atom. The molecule has 19 nitrogen and oxygen atoms in total. The minimum atomic E-state index is -1.98. The van der Waals surface area contributed by atoms with Crippen LogP contribution < -0.4 is 5.32 Å². The molecule has 3 heterocycles. The van der Waals surface area contributed by atoms with E-state index in [1.165, 1.54) is 70.6 Å². The van der Waals surface area contributed by atoms with Crippen LogP contribution in [0.4, 0.5) is 0 Å². The summed E-state index contributed by atoms with van der Waals surface area (Å²) in [7, 11) is 0. The van der Waals surface area contributed by atoms with Crippen molar-refractivity contribution in [2.24, 2.45) is 0 Å². The number of nitrogens with one attached hydrogen (secondary N) is 1. The van der Waals surface area contributed by atoms with Crippen molar-refractivity contribution < 1.29 is 89.4 Å². The van der Waals surface area contributed by atoms with Crippen molar-refractivity contribution >= 4 is 5.91 Å². The molecule has 3 fully saturated rings. The quantitative estimate of drug-likeness (QED) is 0.0268. The van der Waals surface area contributed by atoms with Crippen LogP contribution in [0.2, 0.25) is 0 Å². The maximum Gasteiger partial charge on any atom is 0.220 e. The number of hydrogen-bond acceptors (Lipinski definition) is 18. The third-order valence-electron chi connectivity index (χ3n) is 14.7. The predicted octanol–water partition coefficient (Wildman–Crippen LogP) is 5.43. The third-order valence-corrected chi connectivity index (χ3v) is 14.7. The van der Waals surface area contributed by atoms with Crippen molar-refractivity contribution in [2.75, 3.05) is 26.4 Å². The fraction of sp³-hybridized carbons (Fsp3) is 0.787. The molecule has 0 bridgehead atoms. The number of hydrogen-bond donors (Lipinski definition) is 12. The third kappa shape index (κ3) is 27.3. The van der Waals surface area contributed by atoms with E-state index in [2.05, 4.69) is 79.9 Å². The highest BCUT2D eigenvalue weighted by Crippen LogP contribution is 2.33. The number of unbranched alkanes of at least 4 members (excludes halogenated alkanes) is 17. The lowest BCUT2D eigenvalue weighted by Gasteiger charge is -2.48. The van der Waals surface area contributed by atoms with E-state index < -0.39 is 124 Å². The van der Waals surface area contributed by atoms with E-state index in [1.807, 2.05) is 6.08 Å². The molecule has 0 aromatic rings. The van der Waals surface area contributed by atoms with Crippen LogP contribution in [0.25, 0.3) is 0 Å². The molecule has 1 amide bonds. The standard InChI is InChI=1S/C61H105NO18/c1-3-5-7-9-11-13-15-17-18-19-20-21-22-23-24-25-26-27-29-31-33-35-37-39-49(67)62-44(45(66)38-36-34-32-30-28-16-14-12-10-8-6-4-2)43-75-59-55(73)52(70)57(47(41-64)77-59)80-61-56(74)53(71)58(48(42-65)78-61)79-60-54(72)51(69)50(68)46(40-63)76-60/h10,12,15,17,19-20,22-23,28,30,36,38,44-48,50-61,63-66,68-74H,3-9,11,13-14,16,18,21,24-27,29,31-35,37,39-43H2,1-2H3,(H,62,67)/b12-10+,17-15-,20-19-,23-22-,30-28+,38-36+. The molecule has 3 aliphatic heterocycles. The van der Waals surface area contributed by atoms with Crippen LogP contribution in [0.15, 0.2) is 72.9 Å². The summed E-state index contributed by atoms with van der Waals surface area (Å²) in [4.78, 5) is 13.3. The molecule has 0 aromatic carbocycles. The van der Waals surface area contributed by atoms with Crippen molar-refractivity contribution in [1.29, 1.82) is 0 Å². The SMILES string of the molecule is CCCC/C=C/CC/C=C/CC/C=C/C(O)C(COC1OC(CO)C(OC2OC(CO)C(OC3OC(CO)C(O)C(O)C3O)C(O)C2O)C(O)C1O)NC(=O)CCCCCCCCCC/C=C\C/C=C\C/C=C\CCCCCCC. The van der Waals surface area contributed by atoms with Gasteiger partial charge < -0.3 is 89.9 Å². The second kappa shape index (κ2) is 43.8. The normalized spacial score (nSPS) is 30.5. The van der Waals surface area contributed by atoms with Crippen molar-refractivity contribution in [3.8, 4) is 0 Å². The van der Waals surface area contributed by atoms with E-state index in [0.29, 0.717) is 12.8 Å². The van der Waals surface area contributed by atoms with Gasteiger partial charge in [-0.1, -0.05) is 164 Å². The highest BCUT2D eigenvalue weighted by molar-refractivity contribution is 5.76. The van der Waals surface area contributed by atoms with Crippen LogP contribution in [0.1, 0.15) is 174 Å². The number of allylic oxidation sites excluding steroid dienone is 11. The zero-order valence-corrected chi connectivity index (χ0v) is 48.0. The van der Waals surface area contributed by atoms with Crippen LogP contribution in [-0.2, 0) is 33.2 Å². The Labute approximate surface area is 477 Å². The molecule has 17 atom stereocenters. The van der Waals surface area contributed by atoms with E-state index >= 15 is 0 Å². The number of aliphatic hydroxyl groups is 11. The van der Waals surface area contributed by atoms with Gasteiger partial charge in [0.25, 0.3) is 0 Å². The Kier molecular flexibility index (Phi) is 39.2. The van der Waals surface area contributed by atoms with E-state index in [0.717, 1.165) is 70.6 Å². The van der Waals surface area contributed by atoms with Crippen molar-refractivity contribution in [3.05, 3.63) is 72.9 Å². The molecule has 0 spiro atoms. The van der Waals surface area contributed by atoms with Gasteiger partial charge in [0, 0.05) is 6.42 Å². The molecule has 0 saturated carbocycles. The number of ether oxygens (including phenoxy) is 6. The lowest BCUT2D eigenvalue weighted by Crippen LogP contribution is -2.66. The van der Waals surface area contributed by atoms with Gasteiger partial charge in [-0.2, -0.15) is 0 Å². The summed E-state index contributed by atoms with van der Waals surface area (Å²) >= 11 is 0. The Morgan fingerprint density at radius 2 is 0.850 bits per heavy atom. The van der Waals surface area contributed by atoms with Crippen LogP contribution in [0.5, 0.6) is 0 Å².